The predicted molar refractivity (Wildman–Crippen MR) is 74.2 cm³/mol. The number of nitrogens with zero attached hydrogens (tertiary/aromatic N) is 1. The standard InChI is InChI=1S/C15H21FN2O/c1-19-15-9-11(16)4-5-14(15)17-12-6-8-18-7-2-3-13(18)10-12/h4-5,9,12-13,17H,2-3,6-8,10H2,1H3. The number of methoxy groups -OCH3 is 1. The first-order valence-corrected chi connectivity index (χ1v) is 7.10. The molecule has 0 amide bonds. The Labute approximate surface area is 113 Å². The zero-order chi connectivity index (χ0) is 13.2. The van der Waals surface area contributed by atoms with Gasteiger partial charge in [0.25, 0.3) is 0 Å². The molecule has 1 N–H and O–H groups in total. The molecule has 0 radical (unpaired) electrons. The van der Waals surface area contributed by atoms with Gasteiger partial charge in [-0.1, -0.05) is 0 Å². The van der Waals surface area contributed by atoms with E-state index in [4.69, 9.17) is 4.74 Å². The van der Waals surface area contributed by atoms with Crippen LogP contribution in [0.15, 0.2) is 18.2 Å². The molecule has 2 saturated heterocycles. The normalized spacial score (nSPS) is 27.1. The number of nitrogens with one attached hydrogen (secondary N) is 1. The van der Waals surface area contributed by atoms with E-state index in [1.54, 1.807) is 13.2 Å². The van der Waals surface area contributed by atoms with Crippen LogP contribution in [0.5, 0.6) is 5.75 Å². The zero-order valence-corrected chi connectivity index (χ0v) is 11.4. The molecular weight excluding hydrogens is 243 g/mol. The minimum atomic E-state index is -0.256. The lowest BCUT2D eigenvalue weighted by Crippen LogP contribution is -2.42. The maximum absolute atomic E-state index is 13.2. The number of benzene rings is 1. The van der Waals surface area contributed by atoms with Crippen LogP contribution in [0.3, 0.4) is 0 Å². The van der Waals surface area contributed by atoms with Gasteiger partial charge in [0.1, 0.15) is 11.6 Å². The monoisotopic (exact) mass is 264 g/mol. The summed E-state index contributed by atoms with van der Waals surface area (Å²) < 4.78 is 18.4. The summed E-state index contributed by atoms with van der Waals surface area (Å²) in [6.07, 6.45) is 4.98. The molecule has 0 bridgehead atoms. The fourth-order valence-electron chi connectivity index (χ4n) is 3.36. The van der Waals surface area contributed by atoms with Crippen molar-refractivity contribution in [1.29, 1.82) is 0 Å². The van der Waals surface area contributed by atoms with E-state index < -0.39 is 0 Å². The van der Waals surface area contributed by atoms with Crippen LogP contribution in [0.1, 0.15) is 25.7 Å². The molecule has 2 aliphatic rings. The number of hydrogen-bond acceptors (Lipinski definition) is 3. The third-order valence-electron chi connectivity index (χ3n) is 4.34. The predicted octanol–water partition coefficient (Wildman–Crippen LogP) is 2.87. The number of rotatable bonds is 3. The summed E-state index contributed by atoms with van der Waals surface area (Å²) in [6.45, 7) is 2.43. The summed E-state index contributed by atoms with van der Waals surface area (Å²) in [5.41, 5.74) is 0.903. The number of piperidine rings is 1. The summed E-state index contributed by atoms with van der Waals surface area (Å²) in [4.78, 5) is 2.60. The van der Waals surface area contributed by atoms with E-state index in [2.05, 4.69) is 10.2 Å². The zero-order valence-electron chi connectivity index (χ0n) is 11.4. The van der Waals surface area contributed by atoms with Crippen LogP contribution in [0.25, 0.3) is 0 Å². The SMILES string of the molecule is COc1cc(F)ccc1NC1CCN2CCCC2C1. The fraction of sp³-hybridized carbons (Fsp3) is 0.600. The van der Waals surface area contributed by atoms with Gasteiger partial charge in [0.2, 0.25) is 0 Å². The maximum Gasteiger partial charge on any atom is 0.144 e. The summed E-state index contributed by atoms with van der Waals surface area (Å²) in [5, 5.41) is 3.52. The van der Waals surface area contributed by atoms with Crippen LogP contribution in [0.4, 0.5) is 10.1 Å². The average molecular weight is 264 g/mol. The van der Waals surface area contributed by atoms with Gasteiger partial charge in [-0.2, -0.15) is 0 Å². The highest BCUT2D eigenvalue weighted by Crippen LogP contribution is 2.31. The number of fused-ring (bicyclic) bond motifs is 1. The van der Waals surface area contributed by atoms with E-state index in [1.165, 1.54) is 44.5 Å². The Balaban J connectivity index is 1.68. The quantitative estimate of drug-likeness (QED) is 0.908. The first-order chi connectivity index (χ1) is 9.26. The van der Waals surface area contributed by atoms with Gasteiger partial charge in [0.05, 0.1) is 12.8 Å². The fourth-order valence-corrected chi connectivity index (χ4v) is 3.36. The molecule has 0 aromatic heterocycles. The Bertz CT molecular complexity index is 452. The van der Waals surface area contributed by atoms with Crippen molar-refractivity contribution in [3.05, 3.63) is 24.0 Å². The first-order valence-electron chi connectivity index (χ1n) is 7.10. The molecule has 2 atom stereocenters. The summed E-state index contributed by atoms with van der Waals surface area (Å²) in [6, 6.07) is 5.90. The van der Waals surface area contributed by atoms with Crippen LogP contribution >= 0.6 is 0 Å². The lowest BCUT2D eigenvalue weighted by atomic mass is 9.97. The number of ether oxygens (including phenoxy) is 1. The Morgan fingerprint density at radius 1 is 1.32 bits per heavy atom. The van der Waals surface area contributed by atoms with Crippen molar-refractivity contribution >= 4 is 5.69 Å². The second-order valence-corrected chi connectivity index (χ2v) is 5.54. The number of hydrogen-bond donors (Lipinski definition) is 1. The van der Waals surface area contributed by atoms with Gasteiger partial charge in [0.15, 0.2) is 0 Å². The number of halogens is 1. The summed E-state index contributed by atoms with van der Waals surface area (Å²) in [5.74, 6) is 0.335. The topological polar surface area (TPSA) is 24.5 Å². The highest BCUT2D eigenvalue weighted by Gasteiger charge is 2.31. The third kappa shape index (κ3) is 2.68. The van der Waals surface area contributed by atoms with E-state index in [-0.39, 0.29) is 5.82 Å². The number of anilines is 1. The molecule has 19 heavy (non-hydrogen) atoms. The molecule has 3 rings (SSSR count). The van der Waals surface area contributed by atoms with Crippen molar-refractivity contribution in [2.24, 2.45) is 0 Å². The molecule has 2 fully saturated rings. The van der Waals surface area contributed by atoms with Crippen LogP contribution < -0.4 is 10.1 Å². The van der Waals surface area contributed by atoms with Gasteiger partial charge in [-0.15, -0.1) is 0 Å². The van der Waals surface area contributed by atoms with Gasteiger partial charge < -0.3 is 15.0 Å². The molecule has 2 heterocycles. The van der Waals surface area contributed by atoms with Crippen molar-refractivity contribution in [1.82, 2.24) is 4.90 Å². The smallest absolute Gasteiger partial charge is 0.144 e. The summed E-state index contributed by atoms with van der Waals surface area (Å²) in [7, 11) is 1.58. The molecule has 104 valence electrons. The van der Waals surface area contributed by atoms with E-state index in [1.807, 2.05) is 0 Å². The van der Waals surface area contributed by atoms with Gasteiger partial charge in [-0.05, 0) is 44.4 Å². The van der Waals surface area contributed by atoms with E-state index in [9.17, 15) is 4.39 Å². The van der Waals surface area contributed by atoms with Crippen molar-refractivity contribution < 1.29 is 9.13 Å². The Hall–Kier alpha value is -1.29. The van der Waals surface area contributed by atoms with Crippen LogP contribution in [0.2, 0.25) is 0 Å². The van der Waals surface area contributed by atoms with Gasteiger partial charge in [-0.25, -0.2) is 4.39 Å². The molecule has 3 nitrogen and oxygen atoms in total. The molecule has 0 spiro atoms. The minimum absolute atomic E-state index is 0.256. The molecule has 4 heteroatoms. The Morgan fingerprint density at radius 2 is 2.21 bits per heavy atom. The largest absolute Gasteiger partial charge is 0.494 e. The van der Waals surface area contributed by atoms with Crippen LogP contribution in [-0.4, -0.2) is 37.2 Å². The Kier molecular flexibility index (Phi) is 3.60. The minimum Gasteiger partial charge on any atom is -0.494 e. The van der Waals surface area contributed by atoms with Crippen molar-refractivity contribution in [3.63, 3.8) is 0 Å². The Morgan fingerprint density at radius 3 is 3.05 bits per heavy atom. The lowest BCUT2D eigenvalue weighted by Gasteiger charge is -2.35. The van der Waals surface area contributed by atoms with Gasteiger partial charge >= 0.3 is 0 Å². The van der Waals surface area contributed by atoms with E-state index in [0.29, 0.717) is 11.8 Å². The molecule has 0 aliphatic carbocycles. The molecule has 1 aromatic carbocycles. The van der Waals surface area contributed by atoms with Crippen molar-refractivity contribution in [2.75, 3.05) is 25.5 Å². The highest BCUT2D eigenvalue weighted by atomic mass is 19.1. The summed E-state index contributed by atoms with van der Waals surface area (Å²) >= 11 is 0. The van der Waals surface area contributed by atoms with Crippen molar-refractivity contribution in [2.45, 2.75) is 37.8 Å². The molecule has 2 aliphatic heterocycles. The molecule has 0 saturated carbocycles. The second kappa shape index (κ2) is 5.37. The average Bonchev–Trinajstić information content (AvgIpc) is 2.88. The third-order valence-corrected chi connectivity index (χ3v) is 4.34. The van der Waals surface area contributed by atoms with Gasteiger partial charge in [-0.3, -0.25) is 0 Å². The second-order valence-electron chi connectivity index (χ2n) is 5.54. The molecule has 2 unspecified atom stereocenters. The van der Waals surface area contributed by atoms with E-state index in [0.717, 1.165) is 18.2 Å². The van der Waals surface area contributed by atoms with Crippen LogP contribution in [0, 0.1) is 5.82 Å². The van der Waals surface area contributed by atoms with Crippen LogP contribution in [-0.2, 0) is 0 Å². The highest BCUT2D eigenvalue weighted by molar-refractivity contribution is 5.57. The maximum atomic E-state index is 13.2. The molecular formula is C15H21FN2O. The first kappa shape index (κ1) is 12.7. The van der Waals surface area contributed by atoms with Crippen molar-refractivity contribution in [3.8, 4) is 5.75 Å². The molecule has 1 aromatic rings. The van der Waals surface area contributed by atoms with Gasteiger partial charge in [0, 0.05) is 24.7 Å². The van der Waals surface area contributed by atoms with E-state index >= 15 is 0 Å². The lowest BCUT2D eigenvalue weighted by molar-refractivity contribution is 0.188.